The summed E-state index contributed by atoms with van der Waals surface area (Å²) in [6.45, 7) is 5.62. The quantitative estimate of drug-likeness (QED) is 0.922. The van der Waals surface area contributed by atoms with Gasteiger partial charge in [0.05, 0.1) is 12.3 Å². The first-order valence-corrected chi connectivity index (χ1v) is 8.25. The SMILES string of the molecule is Cc1cnn(CC2CCN(C[C@@H](O)c3ccc(F)cc3)CC2)c1. The Labute approximate surface area is 136 Å². The third-order valence-electron chi connectivity index (χ3n) is 4.60. The van der Waals surface area contributed by atoms with Crippen LogP contribution in [-0.4, -0.2) is 39.4 Å². The van der Waals surface area contributed by atoms with Crippen molar-refractivity contribution in [1.82, 2.24) is 14.7 Å². The third kappa shape index (κ3) is 4.39. The van der Waals surface area contributed by atoms with E-state index in [-0.39, 0.29) is 5.82 Å². The average molecular weight is 317 g/mol. The van der Waals surface area contributed by atoms with Gasteiger partial charge >= 0.3 is 0 Å². The fourth-order valence-electron chi connectivity index (χ4n) is 3.22. The summed E-state index contributed by atoms with van der Waals surface area (Å²) in [4.78, 5) is 2.29. The van der Waals surface area contributed by atoms with Crippen LogP contribution in [0.1, 0.15) is 30.1 Å². The van der Waals surface area contributed by atoms with Crippen LogP contribution in [0.15, 0.2) is 36.7 Å². The molecular weight excluding hydrogens is 293 g/mol. The Bertz CT molecular complexity index is 617. The van der Waals surface area contributed by atoms with E-state index in [4.69, 9.17) is 0 Å². The summed E-state index contributed by atoms with van der Waals surface area (Å²) in [6.07, 6.45) is 5.67. The fraction of sp³-hybridized carbons (Fsp3) is 0.500. The number of halogens is 1. The van der Waals surface area contributed by atoms with Gasteiger partial charge in [-0.1, -0.05) is 12.1 Å². The molecule has 1 aromatic carbocycles. The molecule has 0 unspecified atom stereocenters. The maximum absolute atomic E-state index is 12.9. The lowest BCUT2D eigenvalue weighted by molar-refractivity contribution is 0.0860. The van der Waals surface area contributed by atoms with Crippen LogP contribution in [0.3, 0.4) is 0 Å². The van der Waals surface area contributed by atoms with Gasteiger partial charge in [-0.2, -0.15) is 5.10 Å². The van der Waals surface area contributed by atoms with Crippen LogP contribution in [-0.2, 0) is 6.54 Å². The molecule has 2 heterocycles. The number of β-amino-alcohol motifs (C(OH)–C–C–N with tert-alkyl or cyclic N) is 1. The zero-order chi connectivity index (χ0) is 16.2. The van der Waals surface area contributed by atoms with Crippen molar-refractivity contribution >= 4 is 0 Å². The smallest absolute Gasteiger partial charge is 0.123 e. The predicted octanol–water partition coefficient (Wildman–Crippen LogP) is 2.78. The molecule has 23 heavy (non-hydrogen) atoms. The Hall–Kier alpha value is -1.72. The van der Waals surface area contributed by atoms with E-state index in [0.717, 1.165) is 38.0 Å². The monoisotopic (exact) mass is 317 g/mol. The summed E-state index contributed by atoms with van der Waals surface area (Å²) in [7, 11) is 0. The van der Waals surface area contributed by atoms with Crippen LogP contribution in [0, 0.1) is 18.7 Å². The standard InChI is InChI=1S/C18H24FN3O/c1-14-10-20-22(11-14)12-15-6-8-21(9-7-15)13-18(23)16-2-4-17(19)5-3-16/h2-5,10-11,15,18,23H,6-9,12-13H2,1H3/t18-/m1/s1. The summed E-state index contributed by atoms with van der Waals surface area (Å²) in [6, 6.07) is 6.12. The van der Waals surface area contributed by atoms with Gasteiger partial charge in [-0.25, -0.2) is 4.39 Å². The fourth-order valence-corrected chi connectivity index (χ4v) is 3.22. The first kappa shape index (κ1) is 16.1. The molecule has 0 bridgehead atoms. The molecule has 1 fully saturated rings. The van der Waals surface area contributed by atoms with E-state index < -0.39 is 6.10 Å². The average Bonchev–Trinajstić information content (AvgIpc) is 2.95. The second-order valence-corrected chi connectivity index (χ2v) is 6.55. The second-order valence-electron chi connectivity index (χ2n) is 6.55. The number of rotatable bonds is 5. The molecule has 4 nitrogen and oxygen atoms in total. The first-order chi connectivity index (χ1) is 11.1. The van der Waals surface area contributed by atoms with Crippen LogP contribution in [0.5, 0.6) is 0 Å². The van der Waals surface area contributed by atoms with Crippen LogP contribution in [0.2, 0.25) is 0 Å². The number of aliphatic hydroxyl groups is 1. The number of hydrogen-bond donors (Lipinski definition) is 1. The molecular formula is C18H24FN3O. The van der Waals surface area contributed by atoms with Crippen molar-refractivity contribution in [2.45, 2.75) is 32.4 Å². The first-order valence-electron chi connectivity index (χ1n) is 8.25. The topological polar surface area (TPSA) is 41.3 Å². The normalized spacial score (nSPS) is 18.2. The van der Waals surface area contributed by atoms with Crippen molar-refractivity contribution < 1.29 is 9.50 Å². The van der Waals surface area contributed by atoms with Crippen LogP contribution in [0.4, 0.5) is 4.39 Å². The van der Waals surface area contributed by atoms with E-state index in [0.29, 0.717) is 12.5 Å². The zero-order valence-corrected chi connectivity index (χ0v) is 13.5. The lowest BCUT2D eigenvalue weighted by Crippen LogP contribution is -2.37. The van der Waals surface area contributed by atoms with Gasteiger partial charge in [0.2, 0.25) is 0 Å². The molecule has 2 aromatic rings. The number of aryl methyl sites for hydroxylation is 1. The number of nitrogens with zero attached hydrogens (tertiary/aromatic N) is 3. The highest BCUT2D eigenvalue weighted by atomic mass is 19.1. The van der Waals surface area contributed by atoms with Crippen molar-refractivity contribution in [3.63, 3.8) is 0 Å². The minimum atomic E-state index is -0.555. The molecule has 0 saturated carbocycles. The van der Waals surface area contributed by atoms with Crippen molar-refractivity contribution in [2.75, 3.05) is 19.6 Å². The molecule has 0 aliphatic carbocycles. The molecule has 1 aliphatic rings. The number of aliphatic hydroxyl groups excluding tert-OH is 1. The summed E-state index contributed by atoms with van der Waals surface area (Å²) >= 11 is 0. The maximum Gasteiger partial charge on any atom is 0.123 e. The highest BCUT2D eigenvalue weighted by Crippen LogP contribution is 2.22. The van der Waals surface area contributed by atoms with E-state index >= 15 is 0 Å². The highest BCUT2D eigenvalue weighted by molar-refractivity contribution is 5.18. The zero-order valence-electron chi connectivity index (χ0n) is 13.5. The molecule has 0 radical (unpaired) electrons. The minimum absolute atomic E-state index is 0.268. The number of benzene rings is 1. The summed E-state index contributed by atoms with van der Waals surface area (Å²) in [5, 5.41) is 14.6. The molecule has 3 rings (SSSR count). The van der Waals surface area contributed by atoms with Crippen molar-refractivity contribution in [1.29, 1.82) is 0 Å². The van der Waals surface area contributed by atoms with Gasteiger partial charge < -0.3 is 10.0 Å². The number of piperidine rings is 1. The van der Waals surface area contributed by atoms with Gasteiger partial charge in [0.1, 0.15) is 5.82 Å². The van der Waals surface area contributed by atoms with Crippen molar-refractivity contribution in [3.05, 3.63) is 53.6 Å². The van der Waals surface area contributed by atoms with Crippen LogP contribution in [0.25, 0.3) is 0 Å². The van der Waals surface area contributed by atoms with E-state index in [1.165, 1.54) is 17.7 Å². The van der Waals surface area contributed by atoms with Gasteiger partial charge in [-0.3, -0.25) is 4.68 Å². The van der Waals surface area contributed by atoms with E-state index in [9.17, 15) is 9.50 Å². The van der Waals surface area contributed by atoms with E-state index in [2.05, 4.69) is 23.1 Å². The highest BCUT2D eigenvalue weighted by Gasteiger charge is 2.22. The largest absolute Gasteiger partial charge is 0.387 e. The number of hydrogen-bond acceptors (Lipinski definition) is 3. The van der Waals surface area contributed by atoms with Crippen molar-refractivity contribution in [2.24, 2.45) is 5.92 Å². The van der Waals surface area contributed by atoms with E-state index in [1.54, 1.807) is 12.1 Å². The molecule has 124 valence electrons. The Balaban J connectivity index is 1.46. The lowest BCUT2D eigenvalue weighted by Gasteiger charge is -2.33. The molecule has 1 atom stereocenters. The summed E-state index contributed by atoms with van der Waals surface area (Å²) in [5.74, 6) is 0.379. The summed E-state index contributed by atoms with van der Waals surface area (Å²) < 4.78 is 15.0. The van der Waals surface area contributed by atoms with Gasteiger partial charge in [-0.05, 0) is 62.0 Å². The minimum Gasteiger partial charge on any atom is -0.387 e. The number of likely N-dealkylation sites (tertiary alicyclic amines) is 1. The predicted molar refractivity (Wildman–Crippen MR) is 87.5 cm³/mol. The molecule has 1 aromatic heterocycles. The van der Waals surface area contributed by atoms with Gasteiger partial charge in [0.25, 0.3) is 0 Å². The molecule has 0 amide bonds. The Morgan fingerprint density at radius 3 is 2.57 bits per heavy atom. The van der Waals surface area contributed by atoms with Gasteiger partial charge in [0, 0.05) is 19.3 Å². The Morgan fingerprint density at radius 2 is 1.96 bits per heavy atom. The number of aromatic nitrogens is 2. The van der Waals surface area contributed by atoms with E-state index in [1.807, 2.05) is 10.9 Å². The van der Waals surface area contributed by atoms with Gasteiger partial charge in [-0.15, -0.1) is 0 Å². The Morgan fingerprint density at radius 1 is 1.26 bits per heavy atom. The molecule has 1 saturated heterocycles. The summed E-state index contributed by atoms with van der Waals surface area (Å²) in [5.41, 5.74) is 1.98. The molecule has 1 aliphatic heterocycles. The lowest BCUT2D eigenvalue weighted by atomic mass is 9.96. The van der Waals surface area contributed by atoms with Crippen molar-refractivity contribution in [3.8, 4) is 0 Å². The Kier molecular flexibility index (Phi) is 5.08. The second kappa shape index (κ2) is 7.23. The van der Waals surface area contributed by atoms with Crippen LogP contribution >= 0.6 is 0 Å². The van der Waals surface area contributed by atoms with Crippen LogP contribution < -0.4 is 0 Å². The third-order valence-corrected chi connectivity index (χ3v) is 4.60. The van der Waals surface area contributed by atoms with Gasteiger partial charge in [0.15, 0.2) is 0 Å². The maximum atomic E-state index is 12.9. The molecule has 0 spiro atoms. The molecule has 1 N–H and O–H groups in total. The molecule has 5 heteroatoms.